The van der Waals surface area contributed by atoms with Gasteiger partial charge >= 0.3 is 12.0 Å². The van der Waals surface area contributed by atoms with Gasteiger partial charge in [-0.05, 0) is 18.6 Å². The molecule has 1 aliphatic rings. The number of carboxylic acid groups (broad SMARTS) is 1. The van der Waals surface area contributed by atoms with Gasteiger partial charge in [0.25, 0.3) is 0 Å². The maximum atomic E-state index is 11.8. The number of hydrogen-bond acceptors (Lipinski definition) is 4. The number of primary amides is 1. The molecule has 0 aromatic heterocycles. The lowest BCUT2D eigenvalue weighted by atomic mass is 10.2. The molecule has 1 fully saturated rings. The van der Waals surface area contributed by atoms with Crippen molar-refractivity contribution in [2.75, 3.05) is 25.4 Å². The molecule has 1 atom stereocenters. The number of hydrogen-bond donors (Lipinski definition) is 3. The zero-order chi connectivity index (χ0) is 14.3. The third-order valence-electron chi connectivity index (χ3n) is 2.71. The van der Waals surface area contributed by atoms with Crippen molar-refractivity contribution in [2.24, 2.45) is 5.73 Å². The number of urea groups is 1. The zero-order valence-electron chi connectivity index (χ0n) is 10.6. The molecule has 0 aromatic rings. The second-order valence-electron chi connectivity index (χ2n) is 4.39. The summed E-state index contributed by atoms with van der Waals surface area (Å²) in [5.41, 5.74) is 4.99. The van der Waals surface area contributed by atoms with Gasteiger partial charge < -0.3 is 21.1 Å². The van der Waals surface area contributed by atoms with Crippen molar-refractivity contribution in [3.05, 3.63) is 0 Å². The standard InChI is InChI=1S/C11H19N3O4S/c12-9(15)6-14(7-10(16)17)11(18)13-5-8-3-1-2-4-19-8/h8H,1-7H2,(H2,12,15)(H,13,18)(H,16,17). The molecule has 7 nitrogen and oxygen atoms in total. The molecule has 0 radical (unpaired) electrons. The van der Waals surface area contributed by atoms with Crippen LogP contribution in [0.15, 0.2) is 0 Å². The molecule has 8 heteroatoms. The first-order valence-corrected chi connectivity index (χ1v) is 7.18. The molecule has 1 heterocycles. The van der Waals surface area contributed by atoms with Gasteiger partial charge in [-0.3, -0.25) is 9.59 Å². The highest BCUT2D eigenvalue weighted by atomic mass is 32.2. The topological polar surface area (TPSA) is 113 Å². The Balaban J connectivity index is 2.41. The van der Waals surface area contributed by atoms with Crippen molar-refractivity contribution in [3.63, 3.8) is 0 Å². The summed E-state index contributed by atoms with van der Waals surface area (Å²) in [5, 5.41) is 11.7. The molecular formula is C11H19N3O4S. The van der Waals surface area contributed by atoms with Crippen molar-refractivity contribution in [3.8, 4) is 0 Å². The first-order valence-electron chi connectivity index (χ1n) is 6.13. The minimum absolute atomic E-state index is 0.359. The Morgan fingerprint density at radius 2 is 2.05 bits per heavy atom. The minimum Gasteiger partial charge on any atom is -0.480 e. The average molecular weight is 289 g/mol. The molecule has 0 saturated carbocycles. The molecule has 1 aliphatic heterocycles. The van der Waals surface area contributed by atoms with E-state index in [2.05, 4.69) is 5.32 Å². The fourth-order valence-electron chi connectivity index (χ4n) is 1.83. The van der Waals surface area contributed by atoms with Gasteiger partial charge in [0.05, 0.1) is 0 Å². The van der Waals surface area contributed by atoms with Crippen LogP contribution in [0.3, 0.4) is 0 Å². The Labute approximate surface area is 115 Å². The molecule has 1 saturated heterocycles. The summed E-state index contributed by atoms with van der Waals surface area (Å²) in [4.78, 5) is 34.1. The van der Waals surface area contributed by atoms with Crippen LogP contribution < -0.4 is 11.1 Å². The van der Waals surface area contributed by atoms with Crippen molar-refractivity contribution in [1.29, 1.82) is 0 Å². The van der Waals surface area contributed by atoms with E-state index in [1.165, 1.54) is 6.42 Å². The van der Waals surface area contributed by atoms with E-state index >= 15 is 0 Å². The normalized spacial score (nSPS) is 18.6. The summed E-state index contributed by atoms with van der Waals surface area (Å²) < 4.78 is 0. The van der Waals surface area contributed by atoms with Crippen molar-refractivity contribution >= 4 is 29.7 Å². The lowest BCUT2D eigenvalue weighted by Crippen LogP contribution is -2.48. The Morgan fingerprint density at radius 3 is 2.58 bits per heavy atom. The smallest absolute Gasteiger partial charge is 0.323 e. The van der Waals surface area contributed by atoms with Crippen molar-refractivity contribution in [1.82, 2.24) is 10.2 Å². The number of carbonyl (C=O) groups is 3. The molecule has 19 heavy (non-hydrogen) atoms. The van der Waals surface area contributed by atoms with Crippen LogP contribution in [-0.4, -0.2) is 58.6 Å². The summed E-state index contributed by atoms with van der Waals surface area (Å²) in [7, 11) is 0. The highest BCUT2D eigenvalue weighted by Crippen LogP contribution is 2.24. The average Bonchev–Trinajstić information content (AvgIpc) is 2.35. The lowest BCUT2D eigenvalue weighted by molar-refractivity contribution is -0.137. The van der Waals surface area contributed by atoms with Crippen LogP contribution in [0, 0.1) is 0 Å². The van der Waals surface area contributed by atoms with Crippen LogP contribution in [-0.2, 0) is 9.59 Å². The van der Waals surface area contributed by atoms with Crippen molar-refractivity contribution < 1.29 is 19.5 Å². The Bertz CT molecular complexity index is 329. The second kappa shape index (κ2) is 7.88. The van der Waals surface area contributed by atoms with Gasteiger partial charge in [-0.1, -0.05) is 6.42 Å². The number of nitrogens with zero attached hydrogens (tertiary/aromatic N) is 1. The number of carbonyl (C=O) groups excluding carboxylic acids is 2. The molecule has 0 spiro atoms. The van der Waals surface area contributed by atoms with Gasteiger partial charge in [0.2, 0.25) is 5.91 Å². The van der Waals surface area contributed by atoms with E-state index in [1.807, 2.05) is 0 Å². The Kier molecular flexibility index (Phi) is 6.48. The quantitative estimate of drug-likeness (QED) is 0.629. The zero-order valence-corrected chi connectivity index (χ0v) is 11.4. The maximum absolute atomic E-state index is 11.8. The van der Waals surface area contributed by atoms with E-state index < -0.39 is 31.0 Å². The minimum atomic E-state index is -1.18. The summed E-state index contributed by atoms with van der Waals surface area (Å²) >= 11 is 1.80. The monoisotopic (exact) mass is 289 g/mol. The largest absolute Gasteiger partial charge is 0.480 e. The second-order valence-corrected chi connectivity index (χ2v) is 5.80. The fourth-order valence-corrected chi connectivity index (χ4v) is 3.07. The number of rotatable bonds is 6. The third kappa shape index (κ3) is 6.32. The van der Waals surface area contributed by atoms with Gasteiger partial charge in [0.15, 0.2) is 0 Å². The number of nitrogens with two attached hydrogens (primary N) is 1. The summed E-state index contributed by atoms with van der Waals surface area (Å²) in [6.07, 6.45) is 3.38. The number of aliphatic carboxylic acids is 1. The van der Waals surface area contributed by atoms with Gasteiger partial charge in [0, 0.05) is 11.8 Å². The molecule has 1 unspecified atom stereocenters. The molecule has 4 N–H and O–H groups in total. The van der Waals surface area contributed by atoms with Crippen LogP contribution in [0.2, 0.25) is 0 Å². The number of nitrogens with one attached hydrogen (secondary N) is 1. The highest BCUT2D eigenvalue weighted by molar-refractivity contribution is 7.99. The molecule has 0 aromatic carbocycles. The van der Waals surface area contributed by atoms with Crippen LogP contribution >= 0.6 is 11.8 Å². The first-order chi connectivity index (χ1) is 8.99. The molecule has 0 bridgehead atoms. The SMILES string of the molecule is NC(=O)CN(CC(=O)O)C(=O)NCC1CCCCS1. The molecule has 3 amide bonds. The maximum Gasteiger partial charge on any atom is 0.323 e. The molecular weight excluding hydrogens is 270 g/mol. The van der Waals surface area contributed by atoms with E-state index in [0.29, 0.717) is 11.8 Å². The van der Waals surface area contributed by atoms with Gasteiger partial charge in [-0.2, -0.15) is 11.8 Å². The van der Waals surface area contributed by atoms with E-state index in [-0.39, 0.29) is 0 Å². The van der Waals surface area contributed by atoms with Crippen LogP contribution in [0.4, 0.5) is 4.79 Å². The summed E-state index contributed by atoms with van der Waals surface area (Å²) in [6.45, 7) is -0.444. The predicted molar refractivity (Wildman–Crippen MR) is 71.9 cm³/mol. The molecule has 0 aliphatic carbocycles. The number of thioether (sulfide) groups is 1. The fraction of sp³-hybridized carbons (Fsp3) is 0.727. The molecule has 1 rings (SSSR count). The third-order valence-corrected chi connectivity index (χ3v) is 4.11. The van der Waals surface area contributed by atoms with Crippen LogP contribution in [0.25, 0.3) is 0 Å². The van der Waals surface area contributed by atoms with Gasteiger partial charge in [0.1, 0.15) is 13.1 Å². The van der Waals surface area contributed by atoms with Crippen LogP contribution in [0.1, 0.15) is 19.3 Å². The lowest BCUT2D eigenvalue weighted by Gasteiger charge is -2.24. The molecule has 108 valence electrons. The van der Waals surface area contributed by atoms with Crippen molar-refractivity contribution in [2.45, 2.75) is 24.5 Å². The van der Waals surface area contributed by atoms with Crippen LogP contribution in [0.5, 0.6) is 0 Å². The number of amides is 3. The predicted octanol–water partition coefficient (Wildman–Crippen LogP) is -0.146. The highest BCUT2D eigenvalue weighted by Gasteiger charge is 2.20. The van der Waals surface area contributed by atoms with E-state index in [4.69, 9.17) is 10.8 Å². The number of carboxylic acids is 1. The van der Waals surface area contributed by atoms with E-state index in [0.717, 1.165) is 23.5 Å². The summed E-state index contributed by atoms with van der Waals surface area (Å²) in [5.74, 6) is -0.826. The van der Waals surface area contributed by atoms with E-state index in [9.17, 15) is 14.4 Å². The van der Waals surface area contributed by atoms with Gasteiger partial charge in [-0.25, -0.2) is 4.79 Å². The Hall–Kier alpha value is -1.44. The van der Waals surface area contributed by atoms with Gasteiger partial charge in [-0.15, -0.1) is 0 Å². The van der Waals surface area contributed by atoms with E-state index in [1.54, 1.807) is 11.8 Å². The summed E-state index contributed by atoms with van der Waals surface area (Å²) in [6, 6.07) is -0.563. The first kappa shape index (κ1) is 15.6. The Morgan fingerprint density at radius 1 is 1.32 bits per heavy atom.